The lowest BCUT2D eigenvalue weighted by molar-refractivity contribution is 0.0931. The number of halogens is 1. The summed E-state index contributed by atoms with van der Waals surface area (Å²) in [5.41, 5.74) is 0.545. The van der Waals surface area contributed by atoms with Gasteiger partial charge in [0.2, 0.25) is 0 Å². The average molecular weight is 405 g/mol. The second kappa shape index (κ2) is 8.25. The lowest BCUT2D eigenvalue weighted by atomic mass is 10.1. The van der Waals surface area contributed by atoms with Gasteiger partial charge < -0.3 is 10.4 Å². The molecule has 0 aliphatic heterocycles. The van der Waals surface area contributed by atoms with Gasteiger partial charge in [0.1, 0.15) is 11.8 Å². The summed E-state index contributed by atoms with van der Waals surface area (Å²) in [4.78, 5) is 12.6. The molecule has 1 aromatic carbocycles. The molecule has 9 heteroatoms. The van der Waals surface area contributed by atoms with Crippen LogP contribution in [0.4, 0.5) is 0 Å². The Bertz CT molecular complexity index is 1260. The van der Waals surface area contributed by atoms with Gasteiger partial charge >= 0.3 is 0 Å². The third kappa shape index (κ3) is 4.39. The van der Waals surface area contributed by atoms with Crippen LogP contribution in [-0.2, 0) is 6.50 Å². The summed E-state index contributed by atoms with van der Waals surface area (Å²) in [5, 5.41) is 31.1. The molecular weight excluding hydrogens is 380 g/mol. The molecule has 0 aliphatic carbocycles. The zero-order valence-corrected chi connectivity index (χ0v) is 15.3. The number of hydrogen-bond donors (Lipinski definition) is 3. The number of aromatic amines is 1. The number of nitriles is 1. The summed E-state index contributed by atoms with van der Waals surface area (Å²) in [7, 11) is 0. The third-order valence-corrected chi connectivity index (χ3v) is 4.02. The highest BCUT2D eigenvalue weighted by Gasteiger charge is 2.16. The Morgan fingerprint density at radius 1 is 1.57 bits per heavy atom. The van der Waals surface area contributed by atoms with E-state index in [2.05, 4.69) is 20.6 Å². The Morgan fingerprint density at radius 3 is 3.04 bits per heavy atom. The summed E-state index contributed by atoms with van der Waals surface area (Å²) in [6.45, 7) is -4.55. The van der Waals surface area contributed by atoms with Gasteiger partial charge in [0, 0.05) is 21.9 Å². The van der Waals surface area contributed by atoms with Gasteiger partial charge in [-0.15, -0.1) is 0 Å². The largest absolute Gasteiger partial charge is 0.387 e. The smallest absolute Gasteiger partial charge is 0.272 e. The SMILES string of the molecule is [2H]C(C)(O)c1cc(C(=O)N[C@@H](C([2H])([2H])[2H])C([2H])([2H])n2ccc(-c3ccc(C#N)c(Cl)c3)n2)n[nH]1. The summed E-state index contributed by atoms with van der Waals surface area (Å²) < 4.78 is 48.6. The van der Waals surface area contributed by atoms with E-state index in [-0.39, 0.29) is 27.7 Å². The van der Waals surface area contributed by atoms with Crippen molar-refractivity contribution in [3.05, 3.63) is 58.5 Å². The van der Waals surface area contributed by atoms with Crippen LogP contribution in [0.15, 0.2) is 36.5 Å². The molecule has 1 unspecified atom stereocenters. The molecule has 1 amide bonds. The van der Waals surface area contributed by atoms with Gasteiger partial charge in [-0.2, -0.15) is 15.5 Å². The van der Waals surface area contributed by atoms with Gasteiger partial charge in [-0.25, -0.2) is 0 Å². The first-order valence-corrected chi connectivity index (χ1v) is 8.37. The van der Waals surface area contributed by atoms with E-state index >= 15 is 0 Å². The Kier molecular flexibility index (Phi) is 3.86. The topological polar surface area (TPSA) is 120 Å². The molecule has 0 bridgehead atoms. The lowest BCUT2D eigenvalue weighted by Gasteiger charge is -2.13. The number of amides is 1. The Labute approximate surface area is 175 Å². The molecule has 8 nitrogen and oxygen atoms in total. The van der Waals surface area contributed by atoms with E-state index in [0.717, 1.165) is 17.7 Å². The number of rotatable bonds is 6. The van der Waals surface area contributed by atoms with Crippen LogP contribution in [0.1, 0.15) is 49.8 Å². The number of nitrogens with zero attached hydrogens (tertiary/aromatic N) is 4. The number of benzene rings is 1. The molecule has 0 saturated carbocycles. The third-order valence-electron chi connectivity index (χ3n) is 3.71. The fraction of sp³-hybridized carbons (Fsp3) is 0.263. The van der Waals surface area contributed by atoms with E-state index in [4.69, 9.17) is 25.1 Å². The summed E-state index contributed by atoms with van der Waals surface area (Å²) in [5.74, 6) is -1.02. The molecule has 0 radical (unpaired) electrons. The second-order valence-electron chi connectivity index (χ2n) is 5.74. The molecule has 2 aromatic heterocycles. The minimum Gasteiger partial charge on any atom is -0.387 e. The highest BCUT2D eigenvalue weighted by molar-refractivity contribution is 6.32. The number of hydrogen-bond acceptors (Lipinski definition) is 5. The second-order valence-corrected chi connectivity index (χ2v) is 6.15. The van der Waals surface area contributed by atoms with Crippen LogP contribution in [0, 0.1) is 11.3 Å². The Morgan fingerprint density at radius 2 is 2.39 bits per heavy atom. The molecule has 0 aliphatic rings. The monoisotopic (exact) mass is 404 g/mol. The number of carbonyl (C=O) groups excluding carboxylic acids is 1. The molecule has 28 heavy (non-hydrogen) atoms. The lowest BCUT2D eigenvalue weighted by Crippen LogP contribution is -2.36. The molecule has 2 heterocycles. The maximum Gasteiger partial charge on any atom is 0.272 e. The first-order valence-electron chi connectivity index (χ1n) is 11.0. The van der Waals surface area contributed by atoms with Gasteiger partial charge in [-0.3, -0.25) is 14.6 Å². The Balaban J connectivity index is 1.91. The van der Waals surface area contributed by atoms with Crippen LogP contribution in [0.2, 0.25) is 5.02 Å². The first kappa shape index (κ1) is 13.1. The van der Waals surface area contributed by atoms with E-state index in [9.17, 15) is 9.90 Å². The van der Waals surface area contributed by atoms with E-state index < -0.39 is 31.4 Å². The van der Waals surface area contributed by atoms with Crippen molar-refractivity contribution in [1.29, 1.82) is 5.26 Å². The zero-order chi connectivity index (χ0) is 25.5. The van der Waals surface area contributed by atoms with E-state index in [1.807, 2.05) is 6.07 Å². The summed E-state index contributed by atoms with van der Waals surface area (Å²) in [6.07, 6.45) is -0.848. The van der Waals surface area contributed by atoms with Crippen molar-refractivity contribution >= 4 is 17.5 Å². The quantitative estimate of drug-likeness (QED) is 0.583. The summed E-state index contributed by atoms with van der Waals surface area (Å²) in [6, 6.07) is 6.89. The van der Waals surface area contributed by atoms with Crippen molar-refractivity contribution in [3.8, 4) is 17.3 Å². The Hall–Kier alpha value is -3.15. The van der Waals surface area contributed by atoms with Crippen LogP contribution >= 0.6 is 11.6 Å². The van der Waals surface area contributed by atoms with Gasteiger partial charge in [0.25, 0.3) is 5.91 Å². The predicted octanol–water partition coefficient (Wildman–Crippen LogP) is 2.67. The van der Waals surface area contributed by atoms with Gasteiger partial charge in [0.05, 0.1) is 38.7 Å². The highest BCUT2D eigenvalue weighted by Crippen LogP contribution is 2.24. The number of aliphatic hydroxyl groups is 1. The van der Waals surface area contributed by atoms with Gasteiger partial charge in [-0.1, -0.05) is 17.7 Å². The fourth-order valence-electron chi connectivity index (χ4n) is 2.31. The van der Waals surface area contributed by atoms with E-state index in [1.54, 1.807) is 6.07 Å². The fourth-order valence-corrected chi connectivity index (χ4v) is 2.53. The first-order chi connectivity index (χ1) is 15.6. The highest BCUT2D eigenvalue weighted by atomic mass is 35.5. The van der Waals surface area contributed by atoms with Crippen LogP contribution in [0.5, 0.6) is 0 Å². The molecule has 3 rings (SSSR count). The van der Waals surface area contributed by atoms with Crippen molar-refractivity contribution in [1.82, 2.24) is 25.3 Å². The standard InChI is InChI=1S/C19H19ClN6O2/c1-11(22-19(28)18-8-17(12(2)27)23-24-18)10-26-6-5-16(25-26)13-3-4-14(9-21)15(20)7-13/h3-8,11-12,27H,10H2,1-2H3,(H,22,28)(H,23,24)/t11-,12?/m0/s1/i1D3,10D2,12D. The van der Waals surface area contributed by atoms with Crippen molar-refractivity contribution in [2.75, 3.05) is 0 Å². The van der Waals surface area contributed by atoms with Crippen molar-refractivity contribution in [3.63, 3.8) is 0 Å². The van der Waals surface area contributed by atoms with Crippen molar-refractivity contribution < 1.29 is 18.1 Å². The molecule has 144 valence electrons. The number of aromatic nitrogens is 4. The number of nitrogens with one attached hydrogen (secondary N) is 2. The van der Waals surface area contributed by atoms with Crippen LogP contribution < -0.4 is 5.32 Å². The molecule has 0 saturated heterocycles. The minimum atomic E-state index is -2.98. The number of H-pyrrole nitrogens is 1. The molecule has 2 atom stereocenters. The van der Waals surface area contributed by atoms with Crippen LogP contribution in [0.25, 0.3) is 11.3 Å². The van der Waals surface area contributed by atoms with Crippen LogP contribution in [-0.4, -0.2) is 37.0 Å². The number of carbonyl (C=O) groups is 1. The van der Waals surface area contributed by atoms with Crippen molar-refractivity contribution in [2.24, 2.45) is 0 Å². The molecular formula is C19H19ClN6O2. The van der Waals surface area contributed by atoms with Gasteiger partial charge in [-0.05, 0) is 38.0 Å². The van der Waals surface area contributed by atoms with E-state index in [1.165, 1.54) is 24.4 Å². The zero-order valence-electron chi connectivity index (χ0n) is 20.6. The average Bonchev–Trinajstić information content (AvgIpc) is 3.40. The van der Waals surface area contributed by atoms with E-state index in [0.29, 0.717) is 5.56 Å². The molecule has 3 N–H and O–H groups in total. The van der Waals surface area contributed by atoms with Crippen molar-refractivity contribution in [2.45, 2.75) is 32.4 Å². The maximum atomic E-state index is 12.6. The predicted molar refractivity (Wildman–Crippen MR) is 104 cm³/mol. The van der Waals surface area contributed by atoms with Gasteiger partial charge in [0.15, 0.2) is 0 Å². The molecule has 3 aromatic rings. The summed E-state index contributed by atoms with van der Waals surface area (Å²) >= 11 is 6.04. The molecule has 0 fully saturated rings. The normalized spacial score (nSPS) is 18.2. The maximum absolute atomic E-state index is 12.6. The van der Waals surface area contributed by atoms with Crippen LogP contribution in [0.3, 0.4) is 0 Å². The minimum absolute atomic E-state index is 0.108. The molecule has 0 spiro atoms.